The van der Waals surface area contributed by atoms with E-state index in [0.717, 1.165) is 0 Å². The van der Waals surface area contributed by atoms with Crippen molar-refractivity contribution in [1.82, 2.24) is 9.97 Å². The van der Waals surface area contributed by atoms with Gasteiger partial charge in [-0.25, -0.2) is 9.37 Å². The lowest BCUT2D eigenvalue weighted by Crippen LogP contribution is -1.79. The van der Waals surface area contributed by atoms with Crippen LogP contribution in [0.15, 0.2) is 34.5 Å². The van der Waals surface area contributed by atoms with Crippen LogP contribution in [0.2, 0.25) is 15.2 Å². The molecule has 3 aromatic rings. The first-order chi connectivity index (χ1) is 10.5. The molecule has 0 atom stereocenters. The van der Waals surface area contributed by atoms with E-state index in [1.54, 1.807) is 0 Å². The number of fused-ring (bicyclic) bond motifs is 1. The van der Waals surface area contributed by atoms with Crippen molar-refractivity contribution in [2.75, 3.05) is 0 Å². The van der Waals surface area contributed by atoms with E-state index in [-0.39, 0.29) is 32.6 Å². The zero-order valence-corrected chi connectivity index (χ0v) is 12.9. The van der Waals surface area contributed by atoms with Gasteiger partial charge in [-0.15, -0.1) is 10.2 Å². The average Bonchev–Trinajstić information content (AvgIpc) is 2.77. The molecule has 0 saturated carbocycles. The Morgan fingerprint density at radius 3 is 2.64 bits per heavy atom. The maximum atomic E-state index is 13.3. The van der Waals surface area contributed by atoms with Gasteiger partial charge in [0.15, 0.2) is 11.5 Å². The van der Waals surface area contributed by atoms with Gasteiger partial charge in [0.1, 0.15) is 11.0 Å². The molecule has 2 N–H and O–H groups in total. The number of pyridine rings is 1. The highest BCUT2D eigenvalue weighted by molar-refractivity contribution is 6.42. The number of aromatic nitrogens is 2. The zero-order chi connectivity index (χ0) is 15.9. The van der Waals surface area contributed by atoms with Gasteiger partial charge in [0.05, 0.1) is 15.6 Å². The SMILES string of the molecule is Oc1[nH]c2ccc(F)cc2c1N=Nc1nc(Cl)c(Cl)cc1Cl. The molecule has 0 aliphatic heterocycles. The predicted molar refractivity (Wildman–Crippen MR) is 83.4 cm³/mol. The zero-order valence-electron chi connectivity index (χ0n) is 10.6. The molecule has 0 unspecified atom stereocenters. The Morgan fingerprint density at radius 1 is 1.09 bits per heavy atom. The number of rotatable bonds is 2. The summed E-state index contributed by atoms with van der Waals surface area (Å²) >= 11 is 17.5. The van der Waals surface area contributed by atoms with Crippen LogP contribution in [0.4, 0.5) is 15.9 Å². The Balaban J connectivity index is 2.08. The topological polar surface area (TPSA) is 73.6 Å². The van der Waals surface area contributed by atoms with Gasteiger partial charge in [0.2, 0.25) is 5.88 Å². The van der Waals surface area contributed by atoms with E-state index < -0.39 is 5.82 Å². The van der Waals surface area contributed by atoms with Crippen LogP contribution >= 0.6 is 34.8 Å². The van der Waals surface area contributed by atoms with Gasteiger partial charge < -0.3 is 10.1 Å². The van der Waals surface area contributed by atoms with Gasteiger partial charge in [0, 0.05) is 5.39 Å². The van der Waals surface area contributed by atoms with Crippen molar-refractivity contribution in [2.45, 2.75) is 0 Å². The Morgan fingerprint density at radius 2 is 1.86 bits per heavy atom. The van der Waals surface area contributed by atoms with Crippen molar-refractivity contribution >= 4 is 57.2 Å². The van der Waals surface area contributed by atoms with Gasteiger partial charge in [-0.3, -0.25) is 0 Å². The minimum Gasteiger partial charge on any atom is -0.493 e. The van der Waals surface area contributed by atoms with Crippen LogP contribution in [0.1, 0.15) is 0 Å². The molecule has 0 bridgehead atoms. The second-order valence-electron chi connectivity index (χ2n) is 4.28. The van der Waals surface area contributed by atoms with E-state index in [2.05, 4.69) is 20.2 Å². The molecule has 22 heavy (non-hydrogen) atoms. The van der Waals surface area contributed by atoms with E-state index in [4.69, 9.17) is 34.8 Å². The van der Waals surface area contributed by atoms with Crippen LogP contribution in [0.5, 0.6) is 5.88 Å². The van der Waals surface area contributed by atoms with Crippen molar-refractivity contribution in [3.8, 4) is 5.88 Å². The van der Waals surface area contributed by atoms with Crippen molar-refractivity contribution in [3.63, 3.8) is 0 Å². The monoisotopic (exact) mass is 358 g/mol. The maximum absolute atomic E-state index is 13.3. The van der Waals surface area contributed by atoms with E-state index in [0.29, 0.717) is 10.9 Å². The Hall–Kier alpha value is -1.89. The lowest BCUT2D eigenvalue weighted by atomic mass is 10.2. The quantitative estimate of drug-likeness (QED) is 0.449. The Labute approximate surface area is 138 Å². The van der Waals surface area contributed by atoms with Crippen LogP contribution in [0.25, 0.3) is 10.9 Å². The van der Waals surface area contributed by atoms with Crippen LogP contribution in [-0.4, -0.2) is 15.1 Å². The lowest BCUT2D eigenvalue weighted by Gasteiger charge is -1.99. The van der Waals surface area contributed by atoms with Crippen LogP contribution in [0, 0.1) is 5.82 Å². The summed E-state index contributed by atoms with van der Waals surface area (Å²) in [6.07, 6.45) is 0. The average molecular weight is 360 g/mol. The molecule has 0 aliphatic rings. The normalized spacial score (nSPS) is 11.6. The minimum absolute atomic E-state index is 0.0224. The second-order valence-corrected chi connectivity index (χ2v) is 5.45. The van der Waals surface area contributed by atoms with Gasteiger partial charge in [0.25, 0.3) is 0 Å². The molecule has 5 nitrogen and oxygen atoms in total. The van der Waals surface area contributed by atoms with Crippen molar-refractivity contribution in [1.29, 1.82) is 0 Å². The highest BCUT2D eigenvalue weighted by Gasteiger charge is 2.12. The molecule has 9 heteroatoms. The molecule has 3 rings (SSSR count). The summed E-state index contributed by atoms with van der Waals surface area (Å²) in [6, 6.07) is 5.34. The highest BCUT2D eigenvalue weighted by Crippen LogP contribution is 2.38. The number of H-pyrrole nitrogens is 1. The third-order valence-electron chi connectivity index (χ3n) is 2.83. The fraction of sp³-hybridized carbons (Fsp3) is 0. The standard InChI is InChI=1S/C13H6Cl3FN4O/c14-7-4-8(15)12(19-11(7)16)21-20-10-6-3-5(17)1-2-9(6)18-13(10)22/h1-4,18,22H. The first-order valence-electron chi connectivity index (χ1n) is 5.89. The smallest absolute Gasteiger partial charge is 0.218 e. The van der Waals surface area contributed by atoms with Crippen molar-refractivity contribution < 1.29 is 9.50 Å². The van der Waals surface area contributed by atoms with Crippen molar-refractivity contribution in [3.05, 3.63) is 45.3 Å². The molecule has 0 radical (unpaired) electrons. The van der Waals surface area contributed by atoms with Gasteiger partial charge >= 0.3 is 0 Å². The molecule has 1 aromatic carbocycles. The highest BCUT2D eigenvalue weighted by atomic mass is 35.5. The second kappa shape index (κ2) is 5.72. The summed E-state index contributed by atoms with van der Waals surface area (Å²) in [4.78, 5) is 6.53. The van der Waals surface area contributed by atoms with E-state index >= 15 is 0 Å². The fourth-order valence-corrected chi connectivity index (χ4v) is 2.37. The molecule has 0 amide bonds. The van der Waals surface area contributed by atoms with Crippen LogP contribution in [-0.2, 0) is 0 Å². The van der Waals surface area contributed by atoms with E-state index in [1.165, 1.54) is 24.3 Å². The first kappa shape index (κ1) is 15.0. The molecule has 0 fully saturated rings. The lowest BCUT2D eigenvalue weighted by molar-refractivity contribution is 0.459. The molecular weight excluding hydrogens is 354 g/mol. The van der Waals surface area contributed by atoms with Gasteiger partial charge in [-0.1, -0.05) is 34.8 Å². The summed E-state index contributed by atoms with van der Waals surface area (Å²) in [6.45, 7) is 0. The number of aromatic hydroxyl groups is 1. The number of nitrogens with one attached hydrogen (secondary N) is 1. The number of halogens is 4. The molecule has 2 aromatic heterocycles. The molecule has 0 aliphatic carbocycles. The summed E-state index contributed by atoms with van der Waals surface area (Å²) in [5.74, 6) is -0.685. The summed E-state index contributed by atoms with van der Waals surface area (Å²) in [5, 5.41) is 18.3. The fourth-order valence-electron chi connectivity index (χ4n) is 1.84. The molecule has 112 valence electrons. The van der Waals surface area contributed by atoms with Gasteiger partial charge in [-0.2, -0.15) is 0 Å². The predicted octanol–water partition coefficient (Wildman–Crippen LogP) is 5.78. The third kappa shape index (κ3) is 2.72. The number of benzene rings is 1. The van der Waals surface area contributed by atoms with Crippen LogP contribution < -0.4 is 0 Å². The van der Waals surface area contributed by atoms with Crippen molar-refractivity contribution in [2.24, 2.45) is 10.2 Å². The summed E-state index contributed by atoms with van der Waals surface area (Å²) in [7, 11) is 0. The molecular formula is C13H6Cl3FN4O. The number of aromatic amines is 1. The minimum atomic E-state index is -0.464. The number of hydrogen-bond donors (Lipinski definition) is 2. The number of nitrogens with zero attached hydrogens (tertiary/aromatic N) is 3. The molecule has 0 spiro atoms. The number of hydrogen-bond acceptors (Lipinski definition) is 4. The number of azo groups is 1. The maximum Gasteiger partial charge on any atom is 0.218 e. The van der Waals surface area contributed by atoms with Gasteiger partial charge in [-0.05, 0) is 24.3 Å². The molecule has 0 saturated heterocycles. The van der Waals surface area contributed by atoms with Crippen LogP contribution in [0.3, 0.4) is 0 Å². The molecule has 2 heterocycles. The Bertz CT molecular complexity index is 910. The largest absolute Gasteiger partial charge is 0.493 e. The first-order valence-corrected chi connectivity index (χ1v) is 7.02. The third-order valence-corrected chi connectivity index (χ3v) is 3.78. The van der Waals surface area contributed by atoms with E-state index in [1.807, 2.05) is 0 Å². The summed E-state index contributed by atoms with van der Waals surface area (Å²) < 4.78 is 13.3. The summed E-state index contributed by atoms with van der Waals surface area (Å²) in [5.41, 5.74) is 0.583. The van der Waals surface area contributed by atoms with E-state index in [9.17, 15) is 9.50 Å². The Kier molecular flexibility index (Phi) is 3.90.